The van der Waals surface area contributed by atoms with E-state index < -0.39 is 12.6 Å². The van der Waals surface area contributed by atoms with Crippen LogP contribution in [0.15, 0.2) is 30.5 Å². The number of carbonyl (C=O) groups is 1. The second-order valence-electron chi connectivity index (χ2n) is 3.22. The van der Waals surface area contributed by atoms with E-state index in [0.717, 1.165) is 0 Å². The number of fused-ring (bicyclic) bond motifs is 1. The zero-order valence-electron chi connectivity index (χ0n) is 8.43. The Hall–Kier alpha value is -2.24. The van der Waals surface area contributed by atoms with Crippen molar-refractivity contribution in [2.75, 3.05) is 0 Å². The average Bonchev–Trinajstić information content (AvgIpc) is 2.27. The fraction of sp³-hybridized carbons (Fsp3) is 0.0909. The quantitative estimate of drug-likeness (QED) is 0.894. The van der Waals surface area contributed by atoms with Gasteiger partial charge in [-0.05, 0) is 24.3 Å². The third-order valence-electron chi connectivity index (χ3n) is 2.17. The lowest BCUT2D eigenvalue weighted by atomic mass is 10.1. The summed E-state index contributed by atoms with van der Waals surface area (Å²) in [5.74, 6) is -1.24. The van der Waals surface area contributed by atoms with Crippen molar-refractivity contribution < 1.29 is 23.4 Å². The molecule has 1 aromatic heterocycles. The predicted octanol–water partition coefficient (Wildman–Crippen LogP) is 2.53. The van der Waals surface area contributed by atoms with Gasteiger partial charge in [0.15, 0.2) is 0 Å². The molecule has 0 radical (unpaired) electrons. The second kappa shape index (κ2) is 4.32. The molecule has 0 bridgehead atoms. The van der Waals surface area contributed by atoms with Crippen LogP contribution in [-0.2, 0) is 0 Å². The van der Waals surface area contributed by atoms with Crippen LogP contribution in [0.1, 0.15) is 10.4 Å². The molecule has 2 rings (SSSR count). The Morgan fingerprint density at radius 1 is 1.35 bits per heavy atom. The summed E-state index contributed by atoms with van der Waals surface area (Å²) in [6, 6.07) is 5.28. The van der Waals surface area contributed by atoms with Crippen LogP contribution in [0.4, 0.5) is 8.78 Å². The standard InChI is InChI=1S/C11H7F2NO3/c12-11(13)17-6-1-2-9-8(5-6)7(10(15)16)3-4-14-9/h1-5,11H,(H,15,16). The molecule has 4 nitrogen and oxygen atoms in total. The molecular formula is C11H7F2NO3. The molecule has 0 aliphatic rings. The summed E-state index contributed by atoms with van der Waals surface area (Å²) in [6.45, 7) is -2.95. The molecule has 0 atom stereocenters. The molecule has 0 unspecified atom stereocenters. The zero-order chi connectivity index (χ0) is 12.4. The number of aromatic carboxylic acids is 1. The molecule has 0 spiro atoms. The normalized spacial score (nSPS) is 10.8. The van der Waals surface area contributed by atoms with Crippen LogP contribution >= 0.6 is 0 Å². The number of aromatic nitrogens is 1. The fourth-order valence-electron chi connectivity index (χ4n) is 1.49. The highest BCUT2D eigenvalue weighted by atomic mass is 19.3. The maximum Gasteiger partial charge on any atom is 0.387 e. The molecule has 1 heterocycles. The Balaban J connectivity index is 2.57. The van der Waals surface area contributed by atoms with Gasteiger partial charge in [0.2, 0.25) is 0 Å². The number of nitrogens with zero attached hydrogens (tertiary/aromatic N) is 1. The zero-order valence-corrected chi connectivity index (χ0v) is 8.43. The highest BCUT2D eigenvalue weighted by Crippen LogP contribution is 2.23. The van der Waals surface area contributed by atoms with Gasteiger partial charge in [0.1, 0.15) is 5.75 Å². The minimum atomic E-state index is -2.95. The Kier molecular flexibility index (Phi) is 2.86. The molecule has 1 aromatic carbocycles. The van der Waals surface area contributed by atoms with Crippen molar-refractivity contribution in [3.8, 4) is 5.75 Å². The Bertz CT molecular complexity index is 572. The molecule has 0 amide bonds. The smallest absolute Gasteiger partial charge is 0.387 e. The van der Waals surface area contributed by atoms with Gasteiger partial charge in [0, 0.05) is 11.6 Å². The van der Waals surface area contributed by atoms with Gasteiger partial charge in [-0.15, -0.1) is 0 Å². The first-order valence-electron chi connectivity index (χ1n) is 4.65. The maximum atomic E-state index is 12.0. The number of alkyl halides is 2. The first-order valence-corrected chi connectivity index (χ1v) is 4.65. The average molecular weight is 239 g/mol. The third kappa shape index (κ3) is 2.30. The van der Waals surface area contributed by atoms with Crippen LogP contribution in [0.5, 0.6) is 5.75 Å². The van der Waals surface area contributed by atoms with E-state index in [4.69, 9.17) is 5.11 Å². The summed E-state index contributed by atoms with van der Waals surface area (Å²) < 4.78 is 28.3. The lowest BCUT2D eigenvalue weighted by Crippen LogP contribution is -2.03. The van der Waals surface area contributed by atoms with Crippen molar-refractivity contribution in [1.29, 1.82) is 0 Å². The van der Waals surface area contributed by atoms with Crippen molar-refractivity contribution in [1.82, 2.24) is 4.98 Å². The number of hydrogen-bond acceptors (Lipinski definition) is 3. The molecule has 0 fully saturated rings. The Morgan fingerprint density at radius 2 is 2.12 bits per heavy atom. The van der Waals surface area contributed by atoms with E-state index in [1.54, 1.807) is 0 Å². The summed E-state index contributed by atoms with van der Waals surface area (Å²) in [5.41, 5.74) is 0.404. The van der Waals surface area contributed by atoms with Gasteiger partial charge in [0.25, 0.3) is 0 Å². The lowest BCUT2D eigenvalue weighted by molar-refractivity contribution is -0.0497. The Labute approximate surface area is 94.5 Å². The predicted molar refractivity (Wildman–Crippen MR) is 55.3 cm³/mol. The van der Waals surface area contributed by atoms with Crippen LogP contribution in [0.2, 0.25) is 0 Å². The summed E-state index contributed by atoms with van der Waals surface area (Å²) in [6.07, 6.45) is 1.35. The number of hydrogen-bond donors (Lipinski definition) is 1. The van der Waals surface area contributed by atoms with E-state index in [1.807, 2.05) is 0 Å². The number of benzene rings is 1. The van der Waals surface area contributed by atoms with Crippen molar-refractivity contribution in [3.05, 3.63) is 36.0 Å². The summed E-state index contributed by atoms with van der Waals surface area (Å²) >= 11 is 0. The molecule has 0 aliphatic heterocycles. The van der Waals surface area contributed by atoms with E-state index in [0.29, 0.717) is 5.52 Å². The van der Waals surface area contributed by atoms with Gasteiger partial charge in [-0.2, -0.15) is 8.78 Å². The van der Waals surface area contributed by atoms with Crippen molar-refractivity contribution >= 4 is 16.9 Å². The number of carboxylic acids is 1. The van der Waals surface area contributed by atoms with Gasteiger partial charge in [0.05, 0.1) is 11.1 Å². The minimum absolute atomic E-state index is 0.00489. The first-order chi connectivity index (χ1) is 8.08. The monoisotopic (exact) mass is 239 g/mol. The van der Waals surface area contributed by atoms with E-state index in [1.165, 1.54) is 30.5 Å². The van der Waals surface area contributed by atoms with E-state index in [2.05, 4.69) is 9.72 Å². The first kappa shape index (κ1) is 11.3. The molecule has 17 heavy (non-hydrogen) atoms. The van der Waals surface area contributed by atoms with Crippen LogP contribution in [0.25, 0.3) is 10.9 Å². The van der Waals surface area contributed by atoms with Crippen LogP contribution in [-0.4, -0.2) is 22.7 Å². The second-order valence-corrected chi connectivity index (χ2v) is 3.22. The molecule has 0 saturated carbocycles. The topological polar surface area (TPSA) is 59.4 Å². The molecule has 0 saturated heterocycles. The third-order valence-corrected chi connectivity index (χ3v) is 2.17. The number of halogens is 2. The summed E-state index contributed by atoms with van der Waals surface area (Å²) in [7, 11) is 0. The van der Waals surface area contributed by atoms with Gasteiger partial charge in [-0.25, -0.2) is 4.79 Å². The number of ether oxygens (including phenoxy) is 1. The lowest BCUT2D eigenvalue weighted by Gasteiger charge is -2.06. The van der Waals surface area contributed by atoms with E-state index in [9.17, 15) is 13.6 Å². The molecule has 1 N–H and O–H groups in total. The highest BCUT2D eigenvalue weighted by Gasteiger charge is 2.11. The van der Waals surface area contributed by atoms with E-state index >= 15 is 0 Å². The SMILES string of the molecule is O=C(O)c1ccnc2ccc(OC(F)F)cc12. The summed E-state index contributed by atoms with van der Waals surface area (Å²) in [4.78, 5) is 14.9. The van der Waals surface area contributed by atoms with Crippen LogP contribution < -0.4 is 4.74 Å². The molecule has 2 aromatic rings. The molecule has 88 valence electrons. The van der Waals surface area contributed by atoms with Crippen LogP contribution in [0, 0.1) is 0 Å². The fourth-order valence-corrected chi connectivity index (χ4v) is 1.49. The van der Waals surface area contributed by atoms with Crippen molar-refractivity contribution in [2.24, 2.45) is 0 Å². The number of carboxylic acid groups (broad SMARTS) is 1. The molecule has 6 heteroatoms. The minimum Gasteiger partial charge on any atom is -0.478 e. The van der Waals surface area contributed by atoms with Gasteiger partial charge in [-0.3, -0.25) is 4.98 Å². The van der Waals surface area contributed by atoms with Crippen LogP contribution in [0.3, 0.4) is 0 Å². The maximum absolute atomic E-state index is 12.0. The summed E-state index contributed by atoms with van der Waals surface area (Å²) in [5, 5.41) is 9.20. The van der Waals surface area contributed by atoms with Crippen molar-refractivity contribution in [3.63, 3.8) is 0 Å². The highest BCUT2D eigenvalue weighted by molar-refractivity contribution is 6.02. The van der Waals surface area contributed by atoms with Crippen molar-refractivity contribution in [2.45, 2.75) is 6.61 Å². The largest absolute Gasteiger partial charge is 0.478 e. The number of rotatable bonds is 3. The van der Waals surface area contributed by atoms with Gasteiger partial charge in [-0.1, -0.05) is 0 Å². The molecular weight excluding hydrogens is 232 g/mol. The Morgan fingerprint density at radius 3 is 2.76 bits per heavy atom. The van der Waals surface area contributed by atoms with E-state index in [-0.39, 0.29) is 16.7 Å². The van der Waals surface area contributed by atoms with Gasteiger partial charge >= 0.3 is 12.6 Å². The number of pyridine rings is 1. The molecule has 0 aliphatic carbocycles. The van der Waals surface area contributed by atoms with Gasteiger partial charge < -0.3 is 9.84 Å².